The summed E-state index contributed by atoms with van der Waals surface area (Å²) in [6.45, 7) is 7.71. The third-order valence-electron chi connectivity index (χ3n) is 6.61. The highest BCUT2D eigenvalue weighted by Gasteiger charge is 2.76. The van der Waals surface area contributed by atoms with Gasteiger partial charge in [-0.15, -0.1) is 6.58 Å². The Morgan fingerprint density at radius 3 is 2.68 bits per heavy atom. The van der Waals surface area contributed by atoms with Gasteiger partial charge in [0.1, 0.15) is 5.70 Å². The van der Waals surface area contributed by atoms with Gasteiger partial charge in [0.2, 0.25) is 5.79 Å². The molecule has 0 unspecified atom stereocenters. The van der Waals surface area contributed by atoms with Crippen molar-refractivity contribution in [3.05, 3.63) is 78.2 Å². The molecule has 1 spiro atoms. The van der Waals surface area contributed by atoms with Gasteiger partial charge in [0, 0.05) is 5.41 Å². The van der Waals surface area contributed by atoms with Crippen LogP contribution in [0.2, 0.25) is 0 Å². The topological polar surface area (TPSA) is 122 Å². The number of hydrogen-bond acceptors (Lipinski definition) is 6. The zero-order valence-corrected chi connectivity index (χ0v) is 17.0. The monoisotopic (exact) mass is 419 g/mol. The minimum absolute atomic E-state index is 0.0370. The third kappa shape index (κ3) is 2.01. The zero-order chi connectivity index (χ0) is 22.2. The van der Waals surface area contributed by atoms with Crippen LogP contribution < -0.4 is 10.4 Å². The number of carbonyl (C=O) groups is 2. The lowest BCUT2D eigenvalue weighted by atomic mass is 9.57. The number of amides is 2. The number of hydroxylamine groups is 1. The smallest absolute Gasteiger partial charge is 0.296 e. The Bertz CT molecular complexity index is 1200. The van der Waals surface area contributed by atoms with Crippen LogP contribution in [0.15, 0.2) is 67.0 Å². The molecule has 2 atom stereocenters. The number of carbonyl (C=O) groups excluding carboxylic acids is 2. The first-order chi connectivity index (χ1) is 14.7. The molecule has 9 nitrogen and oxygen atoms in total. The van der Waals surface area contributed by atoms with Crippen LogP contribution in [0.5, 0.6) is 0 Å². The van der Waals surface area contributed by atoms with E-state index >= 15 is 0 Å². The molecule has 3 aliphatic rings. The van der Waals surface area contributed by atoms with Gasteiger partial charge in [-0.05, 0) is 23.8 Å². The molecule has 0 bridgehead atoms. The minimum Gasteiger partial charge on any atom is -0.503 e. The Hall–Kier alpha value is -3.85. The predicted octanol–water partition coefficient (Wildman–Crippen LogP) is 2.18. The lowest BCUT2D eigenvalue weighted by molar-refractivity contribution is -0.143. The number of nitrogens with one attached hydrogen (secondary N) is 2. The average Bonchev–Trinajstić information content (AvgIpc) is 3.42. The van der Waals surface area contributed by atoms with Gasteiger partial charge in [0.25, 0.3) is 11.8 Å². The second-order valence-electron chi connectivity index (χ2n) is 8.40. The number of imidazole rings is 1. The van der Waals surface area contributed by atoms with Crippen molar-refractivity contribution in [2.24, 2.45) is 5.41 Å². The fourth-order valence-corrected chi connectivity index (χ4v) is 5.08. The first-order valence-electron chi connectivity index (χ1n) is 9.72. The molecule has 2 aromatic rings. The molecular formula is C22H21N5O4. The van der Waals surface area contributed by atoms with Gasteiger partial charge < -0.3 is 15.4 Å². The van der Waals surface area contributed by atoms with E-state index in [1.807, 2.05) is 13.8 Å². The van der Waals surface area contributed by atoms with Gasteiger partial charge in [-0.25, -0.2) is 10.0 Å². The highest BCUT2D eigenvalue weighted by atomic mass is 16.5. The fourth-order valence-electron chi connectivity index (χ4n) is 5.08. The molecule has 0 radical (unpaired) electrons. The van der Waals surface area contributed by atoms with Gasteiger partial charge in [-0.3, -0.25) is 19.7 Å². The van der Waals surface area contributed by atoms with E-state index in [0.717, 1.165) is 9.96 Å². The number of hydrogen-bond donors (Lipinski definition) is 4. The number of aromatic nitrogens is 2. The molecule has 0 saturated carbocycles. The van der Waals surface area contributed by atoms with Gasteiger partial charge >= 0.3 is 0 Å². The molecule has 1 saturated heterocycles. The number of aliphatic hydroxyl groups excluding tert-OH is 1. The van der Waals surface area contributed by atoms with Gasteiger partial charge in [0.05, 0.1) is 29.3 Å². The number of H-pyrrole nitrogens is 1. The third-order valence-corrected chi connectivity index (χ3v) is 6.61. The van der Waals surface area contributed by atoms with E-state index in [1.165, 1.54) is 24.7 Å². The number of anilines is 1. The molecule has 5 rings (SSSR count). The number of aromatic amines is 1. The molecule has 158 valence electrons. The van der Waals surface area contributed by atoms with E-state index in [2.05, 4.69) is 21.9 Å². The fraction of sp³-hybridized carbons (Fsp3) is 0.227. The number of allylic oxidation sites excluding steroid dienone is 1. The lowest BCUT2D eigenvalue weighted by Crippen LogP contribution is -2.76. The van der Waals surface area contributed by atoms with E-state index in [4.69, 9.17) is 0 Å². The maximum atomic E-state index is 13.3. The van der Waals surface area contributed by atoms with Crippen LogP contribution in [-0.2, 0) is 15.0 Å². The van der Waals surface area contributed by atoms with Crippen molar-refractivity contribution in [2.75, 3.05) is 5.06 Å². The van der Waals surface area contributed by atoms with Gasteiger partial charge in [0.15, 0.2) is 5.76 Å². The van der Waals surface area contributed by atoms with Crippen LogP contribution in [0.1, 0.15) is 25.1 Å². The SMILES string of the molecule is C=CC(C)(C)[C@]12C=C(O)C(=O)N3/C(=C/c4cnc[nH]4)C(=O)N[C@@]31N(O)c1ccccc12. The summed E-state index contributed by atoms with van der Waals surface area (Å²) >= 11 is 0. The Labute approximate surface area is 178 Å². The largest absolute Gasteiger partial charge is 0.503 e. The van der Waals surface area contributed by atoms with Crippen LogP contribution in [0.4, 0.5) is 5.69 Å². The molecule has 0 aliphatic carbocycles. The highest BCUT2D eigenvalue weighted by molar-refractivity contribution is 6.10. The molecule has 3 aliphatic heterocycles. The molecule has 31 heavy (non-hydrogen) atoms. The summed E-state index contributed by atoms with van der Waals surface area (Å²) < 4.78 is 0. The van der Waals surface area contributed by atoms with E-state index in [-0.39, 0.29) is 5.70 Å². The van der Waals surface area contributed by atoms with Gasteiger partial charge in [-0.1, -0.05) is 38.1 Å². The van der Waals surface area contributed by atoms with Crippen LogP contribution >= 0.6 is 0 Å². The Morgan fingerprint density at radius 1 is 1.26 bits per heavy atom. The molecule has 1 fully saturated rings. The van der Waals surface area contributed by atoms with Crippen LogP contribution in [-0.4, -0.2) is 42.8 Å². The van der Waals surface area contributed by atoms with Crippen molar-refractivity contribution in [1.82, 2.24) is 20.2 Å². The Balaban J connectivity index is 1.90. The normalized spacial score (nSPS) is 28.2. The first kappa shape index (κ1) is 19.1. The number of aliphatic hydroxyl groups is 1. The average molecular weight is 419 g/mol. The summed E-state index contributed by atoms with van der Waals surface area (Å²) in [7, 11) is 0. The van der Waals surface area contributed by atoms with Gasteiger partial charge in [-0.2, -0.15) is 0 Å². The van der Waals surface area contributed by atoms with E-state index in [1.54, 1.807) is 30.3 Å². The summed E-state index contributed by atoms with van der Waals surface area (Å²) in [5.74, 6) is -3.67. The lowest BCUT2D eigenvalue weighted by Gasteiger charge is -2.55. The first-order valence-corrected chi connectivity index (χ1v) is 9.72. The Morgan fingerprint density at radius 2 is 2.00 bits per heavy atom. The molecular weight excluding hydrogens is 398 g/mol. The van der Waals surface area contributed by atoms with Crippen molar-refractivity contribution in [3.8, 4) is 0 Å². The summed E-state index contributed by atoms with van der Waals surface area (Å²) in [6, 6.07) is 7.05. The highest BCUT2D eigenvalue weighted by Crippen LogP contribution is 2.64. The number of nitrogens with zero attached hydrogens (tertiary/aromatic N) is 3. The number of fused-ring (bicyclic) bond motifs is 2. The second-order valence-corrected chi connectivity index (χ2v) is 8.40. The standard InChI is InChI=1S/C22H21N5O4/c1-4-20(2,3)21-10-17(28)19(30)26-16(9-13-11-23-12-24-13)18(29)25-22(21,26)27(31)15-8-6-5-7-14(15)21/h4-12,28,31H,1H2,2-3H3,(H,23,24)(H,25,29)/b16-9+/t21-,22-/m1/s1. The maximum absolute atomic E-state index is 13.3. The molecule has 2 amide bonds. The van der Waals surface area contributed by atoms with Crippen molar-refractivity contribution in [3.63, 3.8) is 0 Å². The molecule has 4 heterocycles. The summed E-state index contributed by atoms with van der Waals surface area (Å²) in [4.78, 5) is 34.4. The molecule has 9 heteroatoms. The van der Waals surface area contributed by atoms with Crippen molar-refractivity contribution >= 4 is 23.6 Å². The number of benzene rings is 1. The molecule has 4 N–H and O–H groups in total. The number of para-hydroxylation sites is 1. The second kappa shape index (κ2) is 5.86. The van der Waals surface area contributed by atoms with Crippen LogP contribution in [0.3, 0.4) is 0 Å². The molecule has 1 aromatic heterocycles. The summed E-state index contributed by atoms with van der Waals surface area (Å²) in [5.41, 5.74) is -0.601. The minimum atomic E-state index is -1.75. The summed E-state index contributed by atoms with van der Waals surface area (Å²) in [5, 5.41) is 26.0. The van der Waals surface area contributed by atoms with Crippen molar-refractivity contribution in [1.29, 1.82) is 0 Å². The van der Waals surface area contributed by atoms with Crippen LogP contribution in [0, 0.1) is 5.41 Å². The Kier molecular flexibility index (Phi) is 3.61. The number of rotatable bonds is 3. The van der Waals surface area contributed by atoms with E-state index < -0.39 is 34.2 Å². The van der Waals surface area contributed by atoms with Crippen LogP contribution in [0.25, 0.3) is 6.08 Å². The zero-order valence-electron chi connectivity index (χ0n) is 17.0. The van der Waals surface area contributed by atoms with Crippen molar-refractivity contribution in [2.45, 2.75) is 25.0 Å². The quantitative estimate of drug-likeness (QED) is 0.447. The van der Waals surface area contributed by atoms with E-state index in [9.17, 15) is 19.9 Å². The molecule has 1 aromatic carbocycles. The predicted molar refractivity (Wildman–Crippen MR) is 111 cm³/mol. The summed E-state index contributed by atoms with van der Waals surface area (Å²) in [6.07, 6.45) is 7.50. The maximum Gasteiger partial charge on any atom is 0.296 e. The van der Waals surface area contributed by atoms with Crippen molar-refractivity contribution < 1.29 is 19.9 Å². The van der Waals surface area contributed by atoms with E-state index in [0.29, 0.717) is 16.9 Å².